The molecule has 6 nitrogen and oxygen atoms in total. The van der Waals surface area contributed by atoms with Gasteiger partial charge in [0.05, 0.1) is 0 Å². The SMILES string of the molecule is CN(C)C1(C(=O)O)CCCN1C(=O)OC(C)(C)C. The van der Waals surface area contributed by atoms with E-state index < -0.39 is 23.3 Å². The van der Waals surface area contributed by atoms with Crippen LogP contribution >= 0.6 is 0 Å². The third-order valence-corrected chi connectivity index (χ3v) is 3.05. The van der Waals surface area contributed by atoms with Crippen molar-refractivity contribution in [3.05, 3.63) is 0 Å². The van der Waals surface area contributed by atoms with Crippen LogP contribution in [0.4, 0.5) is 4.79 Å². The summed E-state index contributed by atoms with van der Waals surface area (Å²) in [7, 11) is 3.33. The van der Waals surface area contributed by atoms with Gasteiger partial charge in [0.1, 0.15) is 5.60 Å². The molecule has 0 radical (unpaired) electrons. The van der Waals surface area contributed by atoms with Crippen molar-refractivity contribution in [3.63, 3.8) is 0 Å². The summed E-state index contributed by atoms with van der Waals surface area (Å²) < 4.78 is 5.27. The van der Waals surface area contributed by atoms with Crippen molar-refractivity contribution in [2.45, 2.75) is 44.9 Å². The number of hydrogen-bond acceptors (Lipinski definition) is 4. The Morgan fingerprint density at radius 1 is 1.33 bits per heavy atom. The summed E-state index contributed by atoms with van der Waals surface area (Å²) in [4.78, 5) is 26.5. The number of likely N-dealkylation sites (N-methyl/N-ethyl adjacent to an activating group) is 1. The molecular weight excluding hydrogens is 236 g/mol. The Hall–Kier alpha value is -1.30. The van der Waals surface area contributed by atoms with Crippen molar-refractivity contribution in [2.75, 3.05) is 20.6 Å². The Labute approximate surface area is 107 Å². The lowest BCUT2D eigenvalue weighted by atomic mass is 10.1. The number of carboxylic acids is 1. The van der Waals surface area contributed by atoms with Gasteiger partial charge in [-0.05, 0) is 47.7 Å². The van der Waals surface area contributed by atoms with E-state index in [9.17, 15) is 14.7 Å². The maximum atomic E-state index is 12.1. The number of rotatable bonds is 2. The summed E-state index contributed by atoms with van der Waals surface area (Å²) in [5.41, 5.74) is -1.92. The Morgan fingerprint density at radius 2 is 1.89 bits per heavy atom. The zero-order chi connectivity index (χ0) is 14.1. The highest BCUT2D eigenvalue weighted by molar-refractivity contribution is 5.84. The summed E-state index contributed by atoms with van der Waals surface area (Å²) >= 11 is 0. The smallest absolute Gasteiger partial charge is 0.412 e. The van der Waals surface area contributed by atoms with Crippen LogP contribution in [0.15, 0.2) is 0 Å². The highest BCUT2D eigenvalue weighted by atomic mass is 16.6. The normalized spacial score (nSPS) is 24.4. The Bertz CT molecular complexity index is 348. The predicted octanol–water partition coefficient (Wildman–Crippen LogP) is 1.36. The Morgan fingerprint density at radius 3 is 2.28 bits per heavy atom. The topological polar surface area (TPSA) is 70.1 Å². The number of carbonyl (C=O) groups is 2. The standard InChI is InChI=1S/C12H22N2O4/c1-11(2,3)18-10(17)14-8-6-7-12(14,9(15)16)13(4)5/h6-8H2,1-5H3,(H,15,16). The number of carboxylic acid groups (broad SMARTS) is 1. The van der Waals surface area contributed by atoms with Gasteiger partial charge in [-0.25, -0.2) is 9.59 Å². The van der Waals surface area contributed by atoms with Crippen LogP contribution in [0.3, 0.4) is 0 Å². The summed E-state index contributed by atoms with van der Waals surface area (Å²) in [6, 6.07) is 0. The van der Waals surface area contributed by atoms with Gasteiger partial charge in [-0.15, -0.1) is 0 Å². The Balaban J connectivity index is 3.00. The molecule has 104 valence electrons. The quantitative estimate of drug-likeness (QED) is 0.809. The maximum Gasteiger partial charge on any atom is 0.412 e. The lowest BCUT2D eigenvalue weighted by molar-refractivity contribution is -0.160. The van der Waals surface area contributed by atoms with Crippen molar-refractivity contribution in [1.29, 1.82) is 0 Å². The van der Waals surface area contributed by atoms with Crippen molar-refractivity contribution < 1.29 is 19.4 Å². The molecule has 1 saturated heterocycles. The zero-order valence-electron chi connectivity index (χ0n) is 11.7. The first kappa shape index (κ1) is 14.8. The molecule has 1 amide bonds. The van der Waals surface area contributed by atoms with Crippen molar-refractivity contribution in [2.24, 2.45) is 0 Å². The number of nitrogens with zero attached hydrogens (tertiary/aromatic N) is 2. The van der Waals surface area contributed by atoms with Gasteiger partial charge in [-0.2, -0.15) is 0 Å². The van der Waals surface area contributed by atoms with E-state index in [4.69, 9.17) is 4.74 Å². The number of hydrogen-bond donors (Lipinski definition) is 1. The Kier molecular flexibility index (Phi) is 3.90. The van der Waals surface area contributed by atoms with E-state index in [1.165, 1.54) is 4.90 Å². The van der Waals surface area contributed by atoms with E-state index in [1.54, 1.807) is 39.8 Å². The molecule has 0 saturated carbocycles. The molecule has 18 heavy (non-hydrogen) atoms. The first-order valence-corrected chi connectivity index (χ1v) is 6.03. The van der Waals surface area contributed by atoms with Gasteiger partial charge in [-0.3, -0.25) is 9.80 Å². The van der Waals surface area contributed by atoms with Crippen LogP contribution < -0.4 is 0 Å². The van der Waals surface area contributed by atoms with Crippen LogP contribution in [0.5, 0.6) is 0 Å². The largest absolute Gasteiger partial charge is 0.478 e. The number of likely N-dealkylation sites (tertiary alicyclic amines) is 1. The van der Waals surface area contributed by atoms with E-state index in [2.05, 4.69) is 0 Å². The molecule has 1 unspecified atom stereocenters. The zero-order valence-corrected chi connectivity index (χ0v) is 11.7. The monoisotopic (exact) mass is 258 g/mol. The van der Waals surface area contributed by atoms with Crippen LogP contribution in [-0.4, -0.2) is 58.9 Å². The number of ether oxygens (including phenoxy) is 1. The van der Waals surface area contributed by atoms with Gasteiger partial charge < -0.3 is 9.84 Å². The van der Waals surface area contributed by atoms with Gasteiger partial charge in [0.2, 0.25) is 0 Å². The number of carbonyl (C=O) groups excluding carboxylic acids is 1. The molecule has 0 aromatic carbocycles. The van der Waals surface area contributed by atoms with E-state index in [-0.39, 0.29) is 0 Å². The lowest BCUT2D eigenvalue weighted by Crippen LogP contribution is -2.62. The fourth-order valence-electron chi connectivity index (χ4n) is 2.24. The molecule has 1 aliphatic rings. The lowest BCUT2D eigenvalue weighted by Gasteiger charge is -2.40. The molecule has 1 rings (SSSR count). The number of aliphatic carboxylic acids is 1. The molecule has 1 atom stereocenters. The average molecular weight is 258 g/mol. The van der Waals surface area contributed by atoms with Gasteiger partial charge in [-0.1, -0.05) is 0 Å². The summed E-state index contributed by atoms with van der Waals surface area (Å²) in [5.74, 6) is -1.02. The van der Waals surface area contributed by atoms with Crippen LogP contribution in [-0.2, 0) is 9.53 Å². The average Bonchev–Trinajstić information content (AvgIpc) is 2.59. The molecule has 6 heteroatoms. The second-order valence-corrected chi connectivity index (χ2v) is 5.75. The first-order chi connectivity index (χ1) is 8.11. The molecular formula is C12H22N2O4. The van der Waals surface area contributed by atoms with Gasteiger partial charge in [0.25, 0.3) is 0 Å². The molecule has 0 aromatic rings. The highest BCUT2D eigenvalue weighted by Gasteiger charge is 2.53. The number of amides is 1. The van der Waals surface area contributed by atoms with Crippen LogP contribution in [0.2, 0.25) is 0 Å². The molecule has 0 aliphatic carbocycles. The van der Waals surface area contributed by atoms with Crippen LogP contribution in [0.1, 0.15) is 33.6 Å². The molecule has 0 bridgehead atoms. The van der Waals surface area contributed by atoms with E-state index in [1.807, 2.05) is 0 Å². The minimum atomic E-state index is -1.29. The predicted molar refractivity (Wildman–Crippen MR) is 66.2 cm³/mol. The molecule has 1 fully saturated rings. The van der Waals surface area contributed by atoms with Crippen LogP contribution in [0, 0.1) is 0 Å². The van der Waals surface area contributed by atoms with Crippen molar-refractivity contribution >= 4 is 12.1 Å². The molecule has 1 N–H and O–H groups in total. The van der Waals surface area contributed by atoms with Crippen molar-refractivity contribution in [3.8, 4) is 0 Å². The van der Waals surface area contributed by atoms with E-state index in [0.29, 0.717) is 19.4 Å². The fourth-order valence-corrected chi connectivity index (χ4v) is 2.24. The third-order valence-electron chi connectivity index (χ3n) is 3.05. The first-order valence-electron chi connectivity index (χ1n) is 6.03. The minimum Gasteiger partial charge on any atom is -0.478 e. The minimum absolute atomic E-state index is 0.402. The van der Waals surface area contributed by atoms with E-state index in [0.717, 1.165) is 0 Å². The molecule has 1 heterocycles. The van der Waals surface area contributed by atoms with Gasteiger partial charge in [0.15, 0.2) is 5.66 Å². The van der Waals surface area contributed by atoms with Crippen molar-refractivity contribution in [1.82, 2.24) is 9.80 Å². The van der Waals surface area contributed by atoms with E-state index >= 15 is 0 Å². The fraction of sp³-hybridized carbons (Fsp3) is 0.833. The highest BCUT2D eigenvalue weighted by Crippen LogP contribution is 2.32. The maximum absolute atomic E-state index is 12.1. The van der Waals surface area contributed by atoms with Gasteiger partial charge in [0, 0.05) is 6.54 Å². The third kappa shape index (κ3) is 2.58. The van der Waals surface area contributed by atoms with Gasteiger partial charge >= 0.3 is 12.1 Å². The molecule has 0 spiro atoms. The molecule has 1 aliphatic heterocycles. The summed E-state index contributed by atoms with van der Waals surface area (Å²) in [6.07, 6.45) is 0.495. The molecule has 0 aromatic heterocycles. The second kappa shape index (κ2) is 4.76. The summed E-state index contributed by atoms with van der Waals surface area (Å²) in [5, 5.41) is 9.46. The summed E-state index contributed by atoms with van der Waals surface area (Å²) in [6.45, 7) is 5.69. The second-order valence-electron chi connectivity index (χ2n) is 5.75. The van der Waals surface area contributed by atoms with Crippen LogP contribution in [0.25, 0.3) is 0 Å².